The summed E-state index contributed by atoms with van der Waals surface area (Å²) in [5.74, 6) is -0.0185. The highest BCUT2D eigenvalue weighted by Crippen LogP contribution is 2.45. The fraction of sp³-hybridized carbons (Fsp3) is 0.703. The quantitative estimate of drug-likeness (QED) is 0.178. The number of hydrogen-bond donors (Lipinski definition) is 1. The third kappa shape index (κ3) is 9.05. The number of ether oxygens (including phenoxy) is 3. The minimum Gasteiger partial charge on any atom is -0.444 e. The standard InChI is InChI=1S/C37H62N7O7Si2/c1-36(2,3)52(9,10)50-29-27(20-44(7,8)19-18-26-34(45)48-24-43(26)35(46)47-21-25-16-14-13-15-17-25)49-33(30(29)51-53(11,12)37(4,5)6)42-23-41-28-31(38)39-22-40-32(28)42/h13-17,22-23,26-30,32-33H,18-21,24H2,1-12H3,(H2,38,39,40)/q+1/t26-,27+,28?,29+,30+,32?,33+/m0/s1. The van der Waals surface area contributed by atoms with Crippen molar-refractivity contribution in [1.29, 1.82) is 0 Å². The molecule has 1 amide bonds. The van der Waals surface area contributed by atoms with Crippen molar-refractivity contribution in [2.75, 3.05) is 33.9 Å². The van der Waals surface area contributed by atoms with Gasteiger partial charge in [-0.05, 0) is 41.8 Å². The summed E-state index contributed by atoms with van der Waals surface area (Å²) in [5.41, 5.74) is 7.14. The predicted molar refractivity (Wildman–Crippen MR) is 210 cm³/mol. The number of carbonyl (C=O) groups excluding carboxylic acids is 2. The van der Waals surface area contributed by atoms with Crippen LogP contribution in [-0.2, 0) is 34.5 Å². The molecule has 0 spiro atoms. The monoisotopic (exact) mass is 772 g/mol. The van der Waals surface area contributed by atoms with Crippen molar-refractivity contribution in [3.63, 3.8) is 0 Å². The molecule has 16 heteroatoms. The number of fused-ring (bicyclic) bond motifs is 1. The van der Waals surface area contributed by atoms with E-state index in [1.54, 1.807) is 6.34 Å². The molecule has 7 atom stereocenters. The zero-order valence-electron chi connectivity index (χ0n) is 33.7. The van der Waals surface area contributed by atoms with Crippen LogP contribution in [0.1, 0.15) is 53.5 Å². The van der Waals surface area contributed by atoms with E-state index < -0.39 is 65.4 Å². The van der Waals surface area contributed by atoms with Gasteiger partial charge in [-0.2, -0.15) is 0 Å². The fourth-order valence-corrected chi connectivity index (χ4v) is 9.06. The Hall–Kier alpha value is -3.16. The molecule has 1 aromatic rings. The van der Waals surface area contributed by atoms with E-state index >= 15 is 0 Å². The SMILES string of the molecule is CC(C)(C)[Si](C)(C)O[C@@H]1[C@H](O[Si](C)(C)C(C)(C)C)[C@@H](C[N+](C)(C)CC[C@H]2C(=O)OCN2C(=O)OCc2ccccc2)O[C@H]1N1C=NC2C(N)=NC=NC21. The predicted octanol–water partition coefficient (Wildman–Crippen LogP) is 4.92. The van der Waals surface area contributed by atoms with Crippen LogP contribution in [0.4, 0.5) is 4.79 Å². The Balaban J connectivity index is 1.39. The van der Waals surface area contributed by atoms with Gasteiger partial charge in [0.15, 0.2) is 35.8 Å². The van der Waals surface area contributed by atoms with E-state index in [1.807, 2.05) is 35.2 Å². The number of cyclic esters (lactones) is 1. The first kappa shape index (κ1) is 41.0. The molecule has 0 aliphatic carbocycles. The van der Waals surface area contributed by atoms with E-state index in [0.29, 0.717) is 29.8 Å². The average Bonchev–Trinajstić information content (AvgIpc) is 3.74. The maximum atomic E-state index is 13.1. The number of esters is 1. The van der Waals surface area contributed by atoms with Gasteiger partial charge in [-0.15, -0.1) is 0 Å². The van der Waals surface area contributed by atoms with Gasteiger partial charge in [-0.3, -0.25) is 9.89 Å². The summed E-state index contributed by atoms with van der Waals surface area (Å²) in [6.45, 7) is 23.5. The molecule has 2 fully saturated rings. The van der Waals surface area contributed by atoms with E-state index in [2.05, 4.69) is 91.8 Å². The van der Waals surface area contributed by atoms with Crippen LogP contribution in [0, 0.1) is 0 Å². The highest BCUT2D eigenvalue weighted by atomic mass is 28.4. The van der Waals surface area contributed by atoms with Gasteiger partial charge >= 0.3 is 12.1 Å². The maximum absolute atomic E-state index is 13.1. The number of nitrogens with two attached hydrogens (primary N) is 1. The lowest BCUT2D eigenvalue weighted by Gasteiger charge is -2.45. The molecule has 14 nitrogen and oxygen atoms in total. The Morgan fingerprint density at radius 1 is 0.981 bits per heavy atom. The second-order valence-electron chi connectivity index (χ2n) is 18.4. The smallest absolute Gasteiger partial charge is 0.413 e. The second-order valence-corrected chi connectivity index (χ2v) is 27.9. The van der Waals surface area contributed by atoms with E-state index in [1.165, 1.54) is 11.2 Å². The molecule has 1 aromatic carbocycles. The third-order valence-corrected chi connectivity index (χ3v) is 20.8. The van der Waals surface area contributed by atoms with Crippen LogP contribution in [0.25, 0.3) is 0 Å². The molecule has 0 aromatic heterocycles. The average molecular weight is 773 g/mol. The first-order chi connectivity index (χ1) is 24.5. The summed E-state index contributed by atoms with van der Waals surface area (Å²) in [7, 11) is -0.508. The molecule has 4 heterocycles. The Morgan fingerprint density at radius 3 is 2.23 bits per heavy atom. The normalized spacial score (nSPS) is 28.0. The summed E-state index contributed by atoms with van der Waals surface area (Å²) in [5, 5.41) is -0.139. The molecule has 294 valence electrons. The minimum absolute atomic E-state index is 0.0677. The lowest BCUT2D eigenvalue weighted by Crippen LogP contribution is -2.58. The number of amides is 1. The van der Waals surface area contributed by atoms with E-state index in [-0.39, 0.29) is 29.5 Å². The van der Waals surface area contributed by atoms with Crippen molar-refractivity contribution < 1.29 is 37.1 Å². The van der Waals surface area contributed by atoms with Crippen molar-refractivity contribution in [1.82, 2.24) is 9.80 Å². The number of carbonyl (C=O) groups is 2. The number of rotatable bonds is 12. The van der Waals surface area contributed by atoms with Crippen molar-refractivity contribution in [2.45, 2.75) is 134 Å². The first-order valence-corrected chi connectivity index (χ1v) is 24.5. The van der Waals surface area contributed by atoms with Gasteiger partial charge in [0.2, 0.25) is 0 Å². The molecule has 4 aliphatic rings. The van der Waals surface area contributed by atoms with Crippen LogP contribution in [-0.4, -0.2) is 138 Å². The molecule has 2 unspecified atom stereocenters. The second kappa shape index (κ2) is 15.2. The zero-order valence-corrected chi connectivity index (χ0v) is 35.7. The molecule has 0 saturated carbocycles. The molecule has 5 rings (SSSR count). The number of quaternary nitrogens is 1. The molecular formula is C37H62N7O7Si2+. The highest BCUT2D eigenvalue weighted by molar-refractivity contribution is 6.74. The Bertz CT molecular complexity index is 1570. The largest absolute Gasteiger partial charge is 0.444 e. The number of amidine groups is 1. The van der Waals surface area contributed by atoms with Crippen LogP contribution < -0.4 is 5.73 Å². The first-order valence-electron chi connectivity index (χ1n) is 18.6. The fourth-order valence-electron chi connectivity index (χ4n) is 6.46. The molecular weight excluding hydrogens is 711 g/mol. The number of aliphatic imine (C=N–C) groups is 3. The van der Waals surface area contributed by atoms with Gasteiger partial charge in [0.05, 0.1) is 27.0 Å². The van der Waals surface area contributed by atoms with Gasteiger partial charge in [0.1, 0.15) is 55.7 Å². The van der Waals surface area contributed by atoms with Crippen LogP contribution in [0.5, 0.6) is 0 Å². The van der Waals surface area contributed by atoms with Gasteiger partial charge < -0.3 is 38.2 Å². The van der Waals surface area contributed by atoms with E-state index in [4.69, 9.17) is 33.8 Å². The lowest BCUT2D eigenvalue weighted by molar-refractivity contribution is -0.894. The van der Waals surface area contributed by atoms with Crippen molar-refractivity contribution in [3.8, 4) is 0 Å². The molecule has 4 aliphatic heterocycles. The number of likely N-dealkylation sites (N-methyl/N-ethyl adjacent to an activating group) is 1. The number of nitrogens with zero attached hydrogens (tertiary/aromatic N) is 6. The van der Waals surface area contributed by atoms with Crippen LogP contribution in [0.3, 0.4) is 0 Å². The molecule has 0 radical (unpaired) electrons. The van der Waals surface area contributed by atoms with Gasteiger partial charge in [0, 0.05) is 6.42 Å². The molecule has 2 N–H and O–H groups in total. The Kier molecular flexibility index (Phi) is 11.7. The summed E-state index contributed by atoms with van der Waals surface area (Å²) in [6, 6.07) is 8.29. The highest BCUT2D eigenvalue weighted by Gasteiger charge is 2.58. The Labute approximate surface area is 317 Å². The topological polar surface area (TPSA) is 150 Å². The third-order valence-electron chi connectivity index (χ3n) is 11.8. The molecule has 53 heavy (non-hydrogen) atoms. The van der Waals surface area contributed by atoms with Crippen molar-refractivity contribution in [2.24, 2.45) is 20.7 Å². The summed E-state index contributed by atoms with van der Waals surface area (Å²) < 4.78 is 33.2. The lowest BCUT2D eigenvalue weighted by atomic mass is 10.1. The van der Waals surface area contributed by atoms with Crippen molar-refractivity contribution >= 4 is 47.2 Å². The number of benzene rings is 1. The molecule has 2 saturated heterocycles. The van der Waals surface area contributed by atoms with Crippen LogP contribution >= 0.6 is 0 Å². The summed E-state index contributed by atoms with van der Waals surface area (Å²) >= 11 is 0. The van der Waals surface area contributed by atoms with Gasteiger partial charge in [-0.25, -0.2) is 19.6 Å². The summed E-state index contributed by atoms with van der Waals surface area (Å²) in [6.07, 6.45) is 0.886. The van der Waals surface area contributed by atoms with Gasteiger partial charge in [-0.1, -0.05) is 71.9 Å². The van der Waals surface area contributed by atoms with Crippen LogP contribution in [0.15, 0.2) is 45.3 Å². The van der Waals surface area contributed by atoms with E-state index in [9.17, 15) is 9.59 Å². The van der Waals surface area contributed by atoms with Crippen LogP contribution in [0.2, 0.25) is 36.3 Å². The minimum atomic E-state index is -2.37. The summed E-state index contributed by atoms with van der Waals surface area (Å²) in [4.78, 5) is 43.0. The Morgan fingerprint density at radius 2 is 1.60 bits per heavy atom. The maximum Gasteiger partial charge on any atom is 0.413 e. The van der Waals surface area contributed by atoms with E-state index in [0.717, 1.165) is 5.56 Å². The number of hydrogen-bond acceptors (Lipinski definition) is 12. The molecule has 0 bridgehead atoms. The van der Waals surface area contributed by atoms with Crippen molar-refractivity contribution in [3.05, 3.63) is 35.9 Å². The zero-order chi connectivity index (χ0) is 39.1. The van der Waals surface area contributed by atoms with Gasteiger partial charge in [0.25, 0.3) is 0 Å².